The topological polar surface area (TPSA) is 37.3 Å². The standard InChI is InChI=1S/C10H16O2/c1-9-4-3-7(5-8(9)12)10(9,2)6-11/h7,11H,3-6H2,1-2H3/t7-,9-,10+/m1/s1. The molecule has 0 heterocycles. The highest BCUT2D eigenvalue weighted by molar-refractivity contribution is 5.89. The van der Waals surface area contributed by atoms with Crippen LogP contribution in [0.2, 0.25) is 0 Å². The molecule has 2 bridgehead atoms. The van der Waals surface area contributed by atoms with Crippen LogP contribution in [0, 0.1) is 16.7 Å². The first kappa shape index (κ1) is 8.24. The number of aliphatic hydroxyl groups excluding tert-OH is 1. The minimum absolute atomic E-state index is 0.121. The highest BCUT2D eigenvalue weighted by Crippen LogP contribution is 2.63. The summed E-state index contributed by atoms with van der Waals surface area (Å²) in [6, 6.07) is 0. The van der Waals surface area contributed by atoms with Gasteiger partial charge in [0.2, 0.25) is 0 Å². The Labute approximate surface area is 73.0 Å². The summed E-state index contributed by atoms with van der Waals surface area (Å²) in [5.41, 5.74) is -0.337. The van der Waals surface area contributed by atoms with Gasteiger partial charge in [0.15, 0.2) is 0 Å². The number of hydrogen-bond donors (Lipinski definition) is 1. The van der Waals surface area contributed by atoms with E-state index in [0.717, 1.165) is 12.8 Å². The maximum atomic E-state index is 11.6. The van der Waals surface area contributed by atoms with E-state index in [4.69, 9.17) is 0 Å². The number of ketones is 1. The van der Waals surface area contributed by atoms with E-state index in [1.54, 1.807) is 0 Å². The third-order valence-corrected chi connectivity index (χ3v) is 4.53. The van der Waals surface area contributed by atoms with Gasteiger partial charge >= 0.3 is 0 Å². The average Bonchev–Trinajstić information content (AvgIpc) is 2.39. The van der Waals surface area contributed by atoms with E-state index < -0.39 is 0 Å². The van der Waals surface area contributed by atoms with Crippen LogP contribution in [0.1, 0.15) is 33.1 Å². The van der Waals surface area contributed by atoms with Gasteiger partial charge in [-0.15, -0.1) is 0 Å². The minimum atomic E-state index is -0.216. The maximum Gasteiger partial charge on any atom is 0.139 e. The quantitative estimate of drug-likeness (QED) is 0.642. The molecule has 2 fully saturated rings. The Kier molecular flexibility index (Phi) is 1.45. The fraction of sp³-hybridized carbons (Fsp3) is 0.900. The highest BCUT2D eigenvalue weighted by atomic mass is 16.3. The Balaban J connectivity index is 2.44. The van der Waals surface area contributed by atoms with Crippen molar-refractivity contribution >= 4 is 5.78 Å². The number of hydrogen-bond acceptors (Lipinski definition) is 2. The molecule has 0 saturated heterocycles. The monoisotopic (exact) mass is 168 g/mol. The molecule has 1 N–H and O–H groups in total. The molecule has 2 rings (SSSR count). The summed E-state index contributed by atoms with van der Waals surface area (Å²) in [4.78, 5) is 11.6. The lowest BCUT2D eigenvalue weighted by atomic mass is 9.69. The summed E-state index contributed by atoms with van der Waals surface area (Å²) in [5.74, 6) is 0.815. The van der Waals surface area contributed by atoms with Crippen molar-refractivity contribution in [3.05, 3.63) is 0 Å². The van der Waals surface area contributed by atoms with Crippen molar-refractivity contribution in [3.63, 3.8) is 0 Å². The van der Waals surface area contributed by atoms with Crippen LogP contribution in [-0.4, -0.2) is 17.5 Å². The zero-order chi connectivity index (χ0) is 8.98. The Morgan fingerprint density at radius 2 is 2.25 bits per heavy atom. The molecule has 0 aromatic rings. The van der Waals surface area contributed by atoms with E-state index in [1.165, 1.54) is 0 Å². The van der Waals surface area contributed by atoms with Gasteiger partial charge in [0.05, 0.1) is 0 Å². The number of Topliss-reactive ketones (excluding diaryl/α,β-unsaturated/α-hetero) is 1. The summed E-state index contributed by atoms with van der Waals surface area (Å²) in [7, 11) is 0. The second-order valence-electron chi connectivity index (χ2n) is 4.77. The molecule has 3 atom stereocenters. The number of rotatable bonds is 1. The van der Waals surface area contributed by atoms with Crippen molar-refractivity contribution in [2.24, 2.45) is 16.7 Å². The van der Waals surface area contributed by atoms with E-state index in [1.807, 2.05) is 6.92 Å². The molecular weight excluding hydrogens is 152 g/mol. The fourth-order valence-electron chi connectivity index (χ4n) is 3.06. The van der Waals surface area contributed by atoms with Gasteiger partial charge in [-0.3, -0.25) is 4.79 Å². The van der Waals surface area contributed by atoms with E-state index in [9.17, 15) is 9.90 Å². The van der Waals surface area contributed by atoms with Crippen molar-refractivity contribution in [3.8, 4) is 0 Å². The van der Waals surface area contributed by atoms with Crippen LogP contribution in [0.15, 0.2) is 0 Å². The molecule has 0 radical (unpaired) electrons. The molecule has 12 heavy (non-hydrogen) atoms. The highest BCUT2D eigenvalue weighted by Gasteiger charge is 2.63. The summed E-state index contributed by atoms with van der Waals surface area (Å²) >= 11 is 0. The van der Waals surface area contributed by atoms with Crippen molar-refractivity contribution in [1.29, 1.82) is 0 Å². The van der Waals surface area contributed by atoms with Gasteiger partial charge in [0.25, 0.3) is 0 Å². The summed E-state index contributed by atoms with van der Waals surface area (Å²) < 4.78 is 0. The number of fused-ring (bicyclic) bond motifs is 2. The number of carbonyl (C=O) groups excluding carboxylic acids is 1. The predicted octanol–water partition coefficient (Wildman–Crippen LogP) is 1.37. The van der Waals surface area contributed by atoms with E-state index in [0.29, 0.717) is 18.1 Å². The zero-order valence-corrected chi connectivity index (χ0v) is 7.76. The number of aliphatic hydroxyl groups is 1. The molecule has 2 aliphatic carbocycles. The van der Waals surface area contributed by atoms with Crippen molar-refractivity contribution in [2.45, 2.75) is 33.1 Å². The van der Waals surface area contributed by atoms with Crippen LogP contribution in [0.4, 0.5) is 0 Å². The number of carbonyl (C=O) groups is 1. The Bertz CT molecular complexity index is 236. The molecule has 0 spiro atoms. The van der Waals surface area contributed by atoms with Crippen LogP contribution in [0.5, 0.6) is 0 Å². The fourth-order valence-corrected chi connectivity index (χ4v) is 3.06. The summed E-state index contributed by atoms with van der Waals surface area (Å²) in [6.45, 7) is 4.26. The van der Waals surface area contributed by atoms with Crippen LogP contribution < -0.4 is 0 Å². The van der Waals surface area contributed by atoms with E-state index in [2.05, 4.69) is 6.92 Å². The van der Waals surface area contributed by atoms with Crippen molar-refractivity contribution in [2.75, 3.05) is 6.61 Å². The van der Waals surface area contributed by atoms with Gasteiger partial charge in [-0.25, -0.2) is 0 Å². The molecule has 0 amide bonds. The molecule has 2 nitrogen and oxygen atoms in total. The SMILES string of the molecule is C[C@]1(CO)[C@@H]2CC[C@]1(C)C(=O)C2. The third-order valence-electron chi connectivity index (χ3n) is 4.53. The lowest BCUT2D eigenvalue weighted by molar-refractivity contribution is -0.129. The first-order valence-corrected chi connectivity index (χ1v) is 4.69. The molecule has 0 unspecified atom stereocenters. The predicted molar refractivity (Wildman–Crippen MR) is 45.6 cm³/mol. The van der Waals surface area contributed by atoms with Gasteiger partial charge in [0.1, 0.15) is 5.78 Å². The maximum absolute atomic E-state index is 11.6. The van der Waals surface area contributed by atoms with E-state index in [-0.39, 0.29) is 17.4 Å². The van der Waals surface area contributed by atoms with Crippen LogP contribution >= 0.6 is 0 Å². The minimum Gasteiger partial charge on any atom is -0.396 e. The first-order valence-electron chi connectivity index (χ1n) is 4.69. The molecule has 2 aliphatic rings. The first-order chi connectivity index (χ1) is 5.54. The van der Waals surface area contributed by atoms with Gasteiger partial charge in [0, 0.05) is 23.9 Å². The molecule has 0 aliphatic heterocycles. The largest absolute Gasteiger partial charge is 0.396 e. The summed E-state index contributed by atoms with van der Waals surface area (Å²) in [6.07, 6.45) is 2.81. The molecular formula is C10H16O2. The zero-order valence-electron chi connectivity index (χ0n) is 7.76. The van der Waals surface area contributed by atoms with Gasteiger partial charge < -0.3 is 5.11 Å². The molecule has 2 saturated carbocycles. The van der Waals surface area contributed by atoms with Gasteiger partial charge in [-0.2, -0.15) is 0 Å². The molecule has 0 aromatic carbocycles. The lowest BCUT2D eigenvalue weighted by Crippen LogP contribution is -2.37. The molecule has 2 heteroatoms. The van der Waals surface area contributed by atoms with Crippen molar-refractivity contribution < 1.29 is 9.90 Å². The molecule has 0 aromatic heterocycles. The Morgan fingerprint density at radius 1 is 1.58 bits per heavy atom. The Hall–Kier alpha value is -0.370. The molecule has 68 valence electrons. The van der Waals surface area contributed by atoms with Crippen LogP contribution in [0.25, 0.3) is 0 Å². The smallest absolute Gasteiger partial charge is 0.139 e. The van der Waals surface area contributed by atoms with E-state index >= 15 is 0 Å². The second kappa shape index (κ2) is 2.11. The van der Waals surface area contributed by atoms with Crippen molar-refractivity contribution in [1.82, 2.24) is 0 Å². The van der Waals surface area contributed by atoms with Crippen LogP contribution in [-0.2, 0) is 4.79 Å². The normalized spacial score (nSPS) is 51.9. The lowest BCUT2D eigenvalue weighted by Gasteiger charge is -2.34. The second-order valence-corrected chi connectivity index (χ2v) is 4.77. The van der Waals surface area contributed by atoms with Gasteiger partial charge in [-0.05, 0) is 18.8 Å². The van der Waals surface area contributed by atoms with Gasteiger partial charge in [-0.1, -0.05) is 13.8 Å². The van der Waals surface area contributed by atoms with Crippen LogP contribution in [0.3, 0.4) is 0 Å². The summed E-state index contributed by atoms with van der Waals surface area (Å²) in [5, 5.41) is 9.34. The third kappa shape index (κ3) is 0.634. The Morgan fingerprint density at radius 3 is 2.50 bits per heavy atom. The average molecular weight is 168 g/mol.